The van der Waals surface area contributed by atoms with E-state index in [9.17, 15) is 4.39 Å². The highest BCUT2D eigenvalue weighted by Gasteiger charge is 2.04. The van der Waals surface area contributed by atoms with Crippen molar-refractivity contribution in [3.8, 4) is 0 Å². The SMILES string of the molecule is Fc1c[nH]c2cnc(Cl)nc12. The lowest BCUT2D eigenvalue weighted by molar-refractivity contribution is 0.636. The summed E-state index contributed by atoms with van der Waals surface area (Å²) in [6.45, 7) is 0. The van der Waals surface area contributed by atoms with E-state index >= 15 is 0 Å². The van der Waals surface area contributed by atoms with Gasteiger partial charge in [0.05, 0.1) is 11.7 Å². The number of nitrogens with one attached hydrogen (secondary N) is 1. The van der Waals surface area contributed by atoms with Gasteiger partial charge in [0.25, 0.3) is 0 Å². The largest absolute Gasteiger partial charge is 0.356 e. The van der Waals surface area contributed by atoms with Crippen LogP contribution in [0.15, 0.2) is 12.4 Å². The Labute approximate surface area is 66.2 Å². The molecule has 0 amide bonds. The highest BCUT2D eigenvalue weighted by Crippen LogP contribution is 2.14. The Morgan fingerprint density at radius 2 is 2.36 bits per heavy atom. The third kappa shape index (κ3) is 0.952. The molecule has 2 rings (SSSR count). The average molecular weight is 172 g/mol. The fourth-order valence-corrected chi connectivity index (χ4v) is 0.991. The number of fused-ring (bicyclic) bond motifs is 1. The van der Waals surface area contributed by atoms with E-state index in [0.29, 0.717) is 5.52 Å². The van der Waals surface area contributed by atoms with Gasteiger partial charge in [-0.1, -0.05) is 0 Å². The van der Waals surface area contributed by atoms with Crippen molar-refractivity contribution >= 4 is 22.6 Å². The van der Waals surface area contributed by atoms with Gasteiger partial charge < -0.3 is 4.98 Å². The van der Waals surface area contributed by atoms with E-state index in [-0.39, 0.29) is 10.8 Å². The highest BCUT2D eigenvalue weighted by atomic mass is 35.5. The molecule has 0 radical (unpaired) electrons. The number of nitrogens with zero attached hydrogens (tertiary/aromatic N) is 2. The van der Waals surface area contributed by atoms with E-state index in [4.69, 9.17) is 11.6 Å². The minimum absolute atomic E-state index is 0.0519. The predicted molar refractivity (Wildman–Crippen MR) is 38.9 cm³/mol. The van der Waals surface area contributed by atoms with E-state index in [1.165, 1.54) is 12.4 Å². The summed E-state index contributed by atoms with van der Waals surface area (Å²) in [5.41, 5.74) is 0.775. The van der Waals surface area contributed by atoms with E-state index in [2.05, 4.69) is 15.0 Å². The summed E-state index contributed by atoms with van der Waals surface area (Å²) in [6.07, 6.45) is 2.66. The van der Waals surface area contributed by atoms with Gasteiger partial charge in [-0.15, -0.1) is 0 Å². The molecule has 0 unspecified atom stereocenters. The van der Waals surface area contributed by atoms with Crippen molar-refractivity contribution in [1.29, 1.82) is 0 Å². The molecule has 0 saturated carbocycles. The first-order chi connectivity index (χ1) is 5.27. The fraction of sp³-hybridized carbons (Fsp3) is 0. The Morgan fingerprint density at radius 3 is 3.18 bits per heavy atom. The van der Waals surface area contributed by atoms with Crippen LogP contribution in [0, 0.1) is 5.82 Å². The molecule has 0 bridgehead atoms. The first-order valence-electron chi connectivity index (χ1n) is 2.92. The second-order valence-electron chi connectivity index (χ2n) is 2.04. The molecule has 56 valence electrons. The van der Waals surface area contributed by atoms with Crippen LogP contribution in [-0.2, 0) is 0 Å². The first-order valence-corrected chi connectivity index (χ1v) is 3.30. The molecule has 0 fully saturated rings. The van der Waals surface area contributed by atoms with E-state index in [1.807, 2.05) is 0 Å². The zero-order chi connectivity index (χ0) is 7.84. The maximum absolute atomic E-state index is 12.7. The second kappa shape index (κ2) is 2.17. The summed E-state index contributed by atoms with van der Waals surface area (Å²) in [5, 5.41) is 0.0519. The summed E-state index contributed by atoms with van der Waals surface area (Å²) in [7, 11) is 0. The van der Waals surface area contributed by atoms with Crippen molar-refractivity contribution < 1.29 is 4.39 Å². The monoisotopic (exact) mass is 171 g/mol. The second-order valence-corrected chi connectivity index (χ2v) is 2.38. The minimum atomic E-state index is -0.413. The van der Waals surface area contributed by atoms with Gasteiger partial charge in [-0.25, -0.2) is 14.4 Å². The van der Waals surface area contributed by atoms with Gasteiger partial charge >= 0.3 is 0 Å². The summed E-state index contributed by atoms with van der Waals surface area (Å²) in [4.78, 5) is 10.0. The lowest BCUT2D eigenvalue weighted by Gasteiger charge is -1.88. The van der Waals surface area contributed by atoms with Gasteiger partial charge in [-0.2, -0.15) is 0 Å². The average Bonchev–Trinajstić information content (AvgIpc) is 2.33. The minimum Gasteiger partial charge on any atom is -0.356 e. The fourth-order valence-electron chi connectivity index (χ4n) is 0.857. The highest BCUT2D eigenvalue weighted by molar-refractivity contribution is 6.28. The van der Waals surface area contributed by atoms with Crippen LogP contribution in [0.1, 0.15) is 0 Å². The van der Waals surface area contributed by atoms with Gasteiger partial charge in [0.2, 0.25) is 5.28 Å². The van der Waals surface area contributed by atoms with E-state index < -0.39 is 5.82 Å². The zero-order valence-corrected chi connectivity index (χ0v) is 6.06. The summed E-state index contributed by atoms with van der Waals surface area (Å²) < 4.78 is 12.7. The number of hydrogen-bond donors (Lipinski definition) is 1. The molecule has 1 N–H and O–H groups in total. The van der Waals surface area contributed by atoms with Gasteiger partial charge in [-0.3, -0.25) is 0 Å². The number of aromatic nitrogens is 3. The molecule has 3 nitrogen and oxygen atoms in total. The van der Waals surface area contributed by atoms with Crippen LogP contribution in [0.5, 0.6) is 0 Å². The maximum Gasteiger partial charge on any atom is 0.223 e. The third-order valence-corrected chi connectivity index (χ3v) is 1.52. The quantitative estimate of drug-likeness (QED) is 0.614. The van der Waals surface area contributed by atoms with Gasteiger partial charge in [0, 0.05) is 6.20 Å². The van der Waals surface area contributed by atoms with Crippen LogP contribution >= 0.6 is 11.6 Å². The smallest absolute Gasteiger partial charge is 0.223 e. The van der Waals surface area contributed by atoms with Crippen molar-refractivity contribution in [3.63, 3.8) is 0 Å². The predicted octanol–water partition coefficient (Wildman–Crippen LogP) is 1.75. The number of H-pyrrole nitrogens is 1. The van der Waals surface area contributed by atoms with Crippen LogP contribution in [0.4, 0.5) is 4.39 Å². The molecule has 2 aromatic rings. The third-order valence-electron chi connectivity index (χ3n) is 1.34. The van der Waals surface area contributed by atoms with Crippen molar-refractivity contribution in [2.24, 2.45) is 0 Å². The number of halogens is 2. The van der Waals surface area contributed by atoms with Crippen LogP contribution < -0.4 is 0 Å². The maximum atomic E-state index is 12.7. The Hall–Kier alpha value is -1.16. The Kier molecular flexibility index (Phi) is 1.29. The molecule has 2 heterocycles. The van der Waals surface area contributed by atoms with Crippen molar-refractivity contribution in [2.45, 2.75) is 0 Å². The molecule has 0 aliphatic heterocycles. The molecular weight excluding hydrogens is 169 g/mol. The molecule has 0 atom stereocenters. The Bertz CT molecular complexity index is 398. The topological polar surface area (TPSA) is 41.6 Å². The molecule has 0 aromatic carbocycles. The van der Waals surface area contributed by atoms with Crippen molar-refractivity contribution in [3.05, 3.63) is 23.5 Å². The number of aromatic amines is 1. The lowest BCUT2D eigenvalue weighted by atomic mass is 10.4. The summed E-state index contributed by atoms with van der Waals surface area (Å²) in [5.74, 6) is -0.413. The molecule has 2 aromatic heterocycles. The number of rotatable bonds is 0. The molecule has 0 spiro atoms. The standard InChI is InChI=1S/C6H3ClFN3/c7-6-10-2-4-5(11-6)3(8)1-9-4/h1-2,9H. The van der Waals surface area contributed by atoms with Crippen LogP contribution in [0.3, 0.4) is 0 Å². The Balaban J connectivity index is 2.87. The first kappa shape index (κ1) is 6.54. The van der Waals surface area contributed by atoms with E-state index in [1.54, 1.807) is 0 Å². The van der Waals surface area contributed by atoms with Crippen LogP contribution in [0.2, 0.25) is 5.28 Å². The number of hydrogen-bond acceptors (Lipinski definition) is 2. The van der Waals surface area contributed by atoms with Crippen LogP contribution in [0.25, 0.3) is 11.0 Å². The van der Waals surface area contributed by atoms with E-state index in [0.717, 1.165) is 0 Å². The van der Waals surface area contributed by atoms with Crippen molar-refractivity contribution in [2.75, 3.05) is 0 Å². The van der Waals surface area contributed by atoms with Crippen molar-refractivity contribution in [1.82, 2.24) is 15.0 Å². The summed E-state index contributed by atoms with van der Waals surface area (Å²) >= 11 is 5.44. The summed E-state index contributed by atoms with van der Waals surface area (Å²) in [6, 6.07) is 0. The molecule has 5 heteroatoms. The molecule has 0 aliphatic carbocycles. The molecular formula is C6H3ClFN3. The van der Waals surface area contributed by atoms with Gasteiger partial charge in [0.15, 0.2) is 5.82 Å². The van der Waals surface area contributed by atoms with Gasteiger partial charge in [0.1, 0.15) is 5.52 Å². The molecule has 0 saturated heterocycles. The van der Waals surface area contributed by atoms with Crippen LogP contribution in [-0.4, -0.2) is 15.0 Å². The molecule has 0 aliphatic rings. The normalized spacial score (nSPS) is 10.7. The Morgan fingerprint density at radius 1 is 1.55 bits per heavy atom. The lowest BCUT2D eigenvalue weighted by Crippen LogP contribution is -1.81. The zero-order valence-electron chi connectivity index (χ0n) is 5.31. The van der Waals surface area contributed by atoms with Gasteiger partial charge in [-0.05, 0) is 11.6 Å². The molecule has 11 heavy (non-hydrogen) atoms.